The number of amides is 1. The van der Waals surface area contributed by atoms with E-state index < -0.39 is 5.97 Å². The first-order chi connectivity index (χ1) is 14.1. The monoisotopic (exact) mass is 410 g/mol. The Morgan fingerprint density at radius 3 is 2.41 bits per heavy atom. The zero-order valence-electron chi connectivity index (χ0n) is 15.7. The van der Waals surface area contributed by atoms with Crippen LogP contribution in [0.4, 0.5) is 0 Å². The number of esters is 1. The van der Waals surface area contributed by atoms with Crippen LogP contribution >= 0.6 is 11.3 Å². The van der Waals surface area contributed by atoms with Crippen LogP contribution in [-0.2, 0) is 0 Å². The van der Waals surface area contributed by atoms with Crippen LogP contribution in [0, 0.1) is 0 Å². The van der Waals surface area contributed by atoms with Crippen molar-refractivity contribution in [3.63, 3.8) is 0 Å². The maximum Gasteiger partial charge on any atom is 0.353 e. The smallest absolute Gasteiger partial charge is 0.353 e. The number of hydrogen-bond donors (Lipinski definition) is 1. The predicted molar refractivity (Wildman–Crippen MR) is 110 cm³/mol. The summed E-state index contributed by atoms with van der Waals surface area (Å²) in [5.41, 5.74) is 3.57. The Balaban J connectivity index is 1.57. The Morgan fingerprint density at radius 2 is 1.76 bits per heavy atom. The molecule has 1 aromatic heterocycles. The van der Waals surface area contributed by atoms with Crippen molar-refractivity contribution >= 4 is 29.4 Å². The average Bonchev–Trinajstić information content (AvgIpc) is 3.29. The molecule has 8 heteroatoms. The topological polar surface area (TPSA) is 86.2 Å². The fourth-order valence-corrected chi connectivity index (χ4v) is 2.98. The maximum absolute atomic E-state index is 12.2. The molecule has 0 radical (unpaired) electrons. The Bertz CT molecular complexity index is 1010. The van der Waals surface area contributed by atoms with Gasteiger partial charge in [0.15, 0.2) is 11.5 Å². The van der Waals surface area contributed by atoms with Crippen LogP contribution in [0.3, 0.4) is 0 Å². The summed E-state index contributed by atoms with van der Waals surface area (Å²) >= 11 is 1.32. The molecule has 0 aliphatic rings. The molecule has 0 atom stereocenters. The van der Waals surface area contributed by atoms with Crippen molar-refractivity contribution in [2.75, 3.05) is 14.2 Å². The number of nitrogens with zero attached hydrogens (tertiary/aromatic N) is 1. The van der Waals surface area contributed by atoms with E-state index in [9.17, 15) is 9.59 Å². The van der Waals surface area contributed by atoms with Gasteiger partial charge in [-0.05, 0) is 59.5 Å². The molecule has 29 heavy (non-hydrogen) atoms. The third-order valence-corrected chi connectivity index (χ3v) is 4.69. The molecule has 0 unspecified atom stereocenters. The van der Waals surface area contributed by atoms with E-state index in [0.29, 0.717) is 27.7 Å². The van der Waals surface area contributed by atoms with Gasteiger partial charge in [-0.25, -0.2) is 10.2 Å². The van der Waals surface area contributed by atoms with E-state index in [1.807, 2.05) is 5.38 Å². The summed E-state index contributed by atoms with van der Waals surface area (Å²) in [7, 11) is 3.02. The van der Waals surface area contributed by atoms with Crippen LogP contribution in [-0.4, -0.2) is 32.3 Å². The standard InChI is InChI=1S/C21H18N2O5S/c1-26-17-10-7-15(12-18(17)27-2)20(24)23-22-13-14-5-8-16(9-6-14)28-21(25)19-4-3-11-29-19/h3-13H,1-2H3,(H,23,24)/b22-13+. The highest BCUT2D eigenvalue weighted by atomic mass is 32.1. The SMILES string of the molecule is COc1ccc(C(=O)N/N=C/c2ccc(OC(=O)c3cccs3)cc2)cc1OC. The van der Waals surface area contributed by atoms with Crippen LogP contribution in [0.15, 0.2) is 65.1 Å². The van der Waals surface area contributed by atoms with Crippen LogP contribution in [0.2, 0.25) is 0 Å². The minimum Gasteiger partial charge on any atom is -0.493 e. The van der Waals surface area contributed by atoms with Gasteiger partial charge in [-0.2, -0.15) is 5.10 Å². The molecular formula is C21H18N2O5S. The maximum atomic E-state index is 12.2. The number of rotatable bonds is 7. The van der Waals surface area contributed by atoms with Gasteiger partial charge in [-0.3, -0.25) is 4.79 Å². The second kappa shape index (κ2) is 9.52. The third kappa shape index (κ3) is 5.20. The summed E-state index contributed by atoms with van der Waals surface area (Å²) in [4.78, 5) is 24.7. The average molecular weight is 410 g/mol. The summed E-state index contributed by atoms with van der Waals surface area (Å²) in [6.45, 7) is 0. The number of hydrazone groups is 1. The Hall–Kier alpha value is -3.65. The van der Waals surface area contributed by atoms with Gasteiger partial charge in [0.2, 0.25) is 0 Å². The van der Waals surface area contributed by atoms with Crippen molar-refractivity contribution in [3.05, 3.63) is 76.0 Å². The second-order valence-electron chi connectivity index (χ2n) is 5.70. The van der Waals surface area contributed by atoms with Gasteiger partial charge in [0.25, 0.3) is 5.91 Å². The van der Waals surface area contributed by atoms with E-state index in [2.05, 4.69) is 10.5 Å². The molecule has 0 bridgehead atoms. The van der Waals surface area contributed by atoms with Crippen molar-refractivity contribution in [1.29, 1.82) is 0 Å². The molecule has 0 fully saturated rings. The number of carbonyl (C=O) groups excluding carboxylic acids is 2. The summed E-state index contributed by atoms with van der Waals surface area (Å²) in [5, 5.41) is 5.76. The largest absolute Gasteiger partial charge is 0.493 e. The number of benzene rings is 2. The van der Waals surface area contributed by atoms with E-state index in [0.717, 1.165) is 5.56 Å². The first kappa shape index (κ1) is 20.1. The minimum absolute atomic E-state index is 0.385. The van der Waals surface area contributed by atoms with Crippen molar-refractivity contribution < 1.29 is 23.8 Å². The van der Waals surface area contributed by atoms with Crippen LogP contribution < -0.4 is 19.6 Å². The molecule has 1 amide bonds. The van der Waals surface area contributed by atoms with E-state index >= 15 is 0 Å². The van der Waals surface area contributed by atoms with Crippen LogP contribution in [0.1, 0.15) is 25.6 Å². The lowest BCUT2D eigenvalue weighted by molar-refractivity contribution is 0.0739. The third-order valence-electron chi connectivity index (χ3n) is 3.84. The Kier molecular flexibility index (Phi) is 6.59. The molecule has 2 aromatic carbocycles. The van der Waals surface area contributed by atoms with Gasteiger partial charge < -0.3 is 14.2 Å². The highest BCUT2D eigenvalue weighted by Gasteiger charge is 2.10. The van der Waals surface area contributed by atoms with Crippen molar-refractivity contribution in [1.82, 2.24) is 5.43 Å². The minimum atomic E-state index is -0.399. The number of ether oxygens (including phenoxy) is 3. The molecule has 3 rings (SSSR count). The molecule has 0 saturated heterocycles. The Morgan fingerprint density at radius 1 is 1.00 bits per heavy atom. The van der Waals surface area contributed by atoms with E-state index in [1.165, 1.54) is 31.8 Å². The van der Waals surface area contributed by atoms with E-state index in [4.69, 9.17) is 14.2 Å². The van der Waals surface area contributed by atoms with Gasteiger partial charge >= 0.3 is 5.97 Å². The lowest BCUT2D eigenvalue weighted by Crippen LogP contribution is -2.17. The number of nitrogens with one attached hydrogen (secondary N) is 1. The first-order valence-electron chi connectivity index (χ1n) is 8.52. The molecule has 0 aliphatic carbocycles. The summed E-state index contributed by atoms with van der Waals surface area (Å²) in [6.07, 6.45) is 1.49. The second-order valence-corrected chi connectivity index (χ2v) is 6.65. The molecule has 0 saturated carbocycles. The highest BCUT2D eigenvalue weighted by Crippen LogP contribution is 2.27. The molecular weight excluding hydrogens is 392 g/mol. The van der Waals surface area contributed by atoms with Crippen LogP contribution in [0.25, 0.3) is 0 Å². The lowest BCUT2D eigenvalue weighted by atomic mass is 10.2. The summed E-state index contributed by atoms with van der Waals surface area (Å²) in [6, 6.07) is 15.1. The normalized spacial score (nSPS) is 10.6. The van der Waals surface area contributed by atoms with Crippen molar-refractivity contribution in [3.8, 4) is 17.2 Å². The van der Waals surface area contributed by atoms with Crippen LogP contribution in [0.5, 0.6) is 17.2 Å². The van der Waals surface area contributed by atoms with Crippen molar-refractivity contribution in [2.24, 2.45) is 5.10 Å². The molecule has 0 aliphatic heterocycles. The van der Waals surface area contributed by atoms with Gasteiger partial charge in [0, 0.05) is 5.56 Å². The number of hydrogen-bond acceptors (Lipinski definition) is 7. The van der Waals surface area contributed by atoms with Gasteiger partial charge in [0.1, 0.15) is 10.6 Å². The van der Waals surface area contributed by atoms with Gasteiger partial charge in [-0.15, -0.1) is 11.3 Å². The molecule has 0 spiro atoms. The number of thiophene rings is 1. The molecule has 3 aromatic rings. The highest BCUT2D eigenvalue weighted by molar-refractivity contribution is 7.12. The van der Waals surface area contributed by atoms with Crippen molar-refractivity contribution in [2.45, 2.75) is 0 Å². The van der Waals surface area contributed by atoms with Gasteiger partial charge in [-0.1, -0.05) is 6.07 Å². The molecule has 1 heterocycles. The molecule has 1 N–H and O–H groups in total. The lowest BCUT2D eigenvalue weighted by Gasteiger charge is -2.08. The number of methoxy groups -OCH3 is 2. The molecule has 7 nitrogen and oxygen atoms in total. The summed E-state index contributed by atoms with van der Waals surface area (Å²) in [5.74, 6) is 0.631. The van der Waals surface area contributed by atoms with E-state index in [1.54, 1.807) is 54.6 Å². The zero-order valence-corrected chi connectivity index (χ0v) is 16.6. The quantitative estimate of drug-likeness (QED) is 0.277. The first-order valence-corrected chi connectivity index (χ1v) is 9.40. The fraction of sp³-hybridized carbons (Fsp3) is 0.0952. The number of carbonyl (C=O) groups is 2. The van der Waals surface area contributed by atoms with E-state index in [-0.39, 0.29) is 5.91 Å². The predicted octanol–water partition coefficient (Wildman–Crippen LogP) is 3.75. The fourth-order valence-electron chi connectivity index (χ4n) is 2.38. The Labute approximate surface area is 171 Å². The zero-order chi connectivity index (χ0) is 20.6. The van der Waals surface area contributed by atoms with Gasteiger partial charge in [0.05, 0.1) is 20.4 Å². The summed E-state index contributed by atoms with van der Waals surface area (Å²) < 4.78 is 15.6. The molecule has 148 valence electrons.